The minimum Gasteiger partial charge on any atom is -0.493 e. The van der Waals surface area contributed by atoms with Gasteiger partial charge in [-0.1, -0.05) is 18.2 Å². The number of piperazine rings is 1. The molecule has 0 spiro atoms. The smallest absolute Gasteiger partial charge is 0.260 e. The van der Waals surface area contributed by atoms with Gasteiger partial charge in [0.25, 0.3) is 5.91 Å². The molecule has 33 heavy (non-hydrogen) atoms. The highest BCUT2D eigenvalue weighted by molar-refractivity contribution is 5.91. The Hall–Kier alpha value is -3.50. The number of rotatable bonds is 6. The predicted octanol–water partition coefficient (Wildman–Crippen LogP) is 1.55. The fourth-order valence-corrected chi connectivity index (χ4v) is 3.52. The number of fused-ring (bicyclic) bond motifs is 1. The van der Waals surface area contributed by atoms with E-state index in [4.69, 9.17) is 19.9 Å². The molecular weight excluding hydrogens is 450 g/mol. The second-order valence-electron chi connectivity index (χ2n) is 7.10. The Bertz CT molecular complexity index is 1080. The molecule has 1 saturated heterocycles. The fourth-order valence-electron chi connectivity index (χ4n) is 3.52. The first-order valence-electron chi connectivity index (χ1n) is 9.99. The van der Waals surface area contributed by atoms with E-state index in [1.54, 1.807) is 31.3 Å². The number of amides is 1. The first-order valence-corrected chi connectivity index (χ1v) is 9.99. The van der Waals surface area contributed by atoms with Gasteiger partial charge in [0.1, 0.15) is 11.6 Å². The van der Waals surface area contributed by atoms with E-state index in [0.29, 0.717) is 66.1 Å². The van der Waals surface area contributed by atoms with Crippen molar-refractivity contribution in [1.82, 2.24) is 14.9 Å². The number of nitrogen functional groups attached to an aromatic ring is 1. The lowest BCUT2D eigenvalue weighted by Gasteiger charge is -2.34. The summed E-state index contributed by atoms with van der Waals surface area (Å²) in [5.74, 6) is 2.69. The second-order valence-corrected chi connectivity index (χ2v) is 7.10. The second kappa shape index (κ2) is 11.4. The molecule has 10 nitrogen and oxygen atoms in total. The maximum Gasteiger partial charge on any atom is 0.260 e. The van der Waals surface area contributed by atoms with Crippen LogP contribution in [0.3, 0.4) is 0 Å². The summed E-state index contributed by atoms with van der Waals surface area (Å²) in [6, 6.07) is 12.9. The molecule has 2 heterocycles. The molecule has 11 heteroatoms. The van der Waals surface area contributed by atoms with E-state index in [1.807, 2.05) is 35.2 Å². The topological polar surface area (TPSA) is 135 Å². The standard InChI is InChI=1S/C22H25N5O4.ClH.H2O/c1-29-18-12-16-17(13-19(18)30-2)24-22(25-21(16)23)27-10-8-26(9-11-27)20(28)14-31-15-6-4-3-5-7-15;;/h3-7,12-13H,8-11,14H2,1-2H3,(H2,23,24,25);1H;1H2. The van der Waals surface area contributed by atoms with Gasteiger partial charge in [0.05, 0.1) is 19.7 Å². The van der Waals surface area contributed by atoms with Crippen LogP contribution in [0.5, 0.6) is 17.2 Å². The Kier molecular flexibility index (Phi) is 8.89. The molecule has 0 unspecified atom stereocenters. The van der Waals surface area contributed by atoms with Crippen molar-refractivity contribution in [2.24, 2.45) is 0 Å². The summed E-state index contributed by atoms with van der Waals surface area (Å²) >= 11 is 0. The van der Waals surface area contributed by atoms with Crippen molar-refractivity contribution in [2.45, 2.75) is 0 Å². The molecule has 4 N–H and O–H groups in total. The van der Waals surface area contributed by atoms with Crippen LogP contribution < -0.4 is 24.8 Å². The van der Waals surface area contributed by atoms with Crippen LogP contribution in [-0.2, 0) is 4.79 Å². The van der Waals surface area contributed by atoms with E-state index in [1.165, 1.54) is 0 Å². The molecule has 1 aliphatic rings. The average molecular weight is 478 g/mol. The number of anilines is 2. The quantitative estimate of drug-likeness (QED) is 0.565. The van der Waals surface area contributed by atoms with Gasteiger partial charge in [-0.2, -0.15) is 4.98 Å². The summed E-state index contributed by atoms with van der Waals surface area (Å²) < 4.78 is 16.3. The van der Waals surface area contributed by atoms with Gasteiger partial charge >= 0.3 is 0 Å². The van der Waals surface area contributed by atoms with Crippen molar-refractivity contribution in [2.75, 3.05) is 57.6 Å². The van der Waals surface area contributed by atoms with Gasteiger partial charge in [-0.15, -0.1) is 12.4 Å². The van der Waals surface area contributed by atoms with E-state index in [9.17, 15) is 4.79 Å². The summed E-state index contributed by atoms with van der Waals surface area (Å²) in [7, 11) is 3.15. The summed E-state index contributed by atoms with van der Waals surface area (Å²) in [6.45, 7) is 2.35. The molecule has 4 rings (SSSR count). The van der Waals surface area contributed by atoms with E-state index in [-0.39, 0.29) is 30.4 Å². The summed E-state index contributed by atoms with van der Waals surface area (Å²) in [6.07, 6.45) is 0. The first-order chi connectivity index (χ1) is 15.1. The molecule has 0 bridgehead atoms. The highest BCUT2D eigenvalue weighted by Gasteiger charge is 2.24. The molecule has 1 aromatic heterocycles. The zero-order valence-corrected chi connectivity index (χ0v) is 19.3. The van der Waals surface area contributed by atoms with Crippen molar-refractivity contribution in [1.29, 1.82) is 0 Å². The van der Waals surface area contributed by atoms with E-state index in [0.717, 1.165) is 0 Å². The Morgan fingerprint density at radius 3 is 2.27 bits per heavy atom. The summed E-state index contributed by atoms with van der Waals surface area (Å²) in [4.78, 5) is 25.4. The molecule has 1 fully saturated rings. The Morgan fingerprint density at radius 2 is 1.64 bits per heavy atom. The van der Waals surface area contributed by atoms with Crippen molar-refractivity contribution in [3.63, 3.8) is 0 Å². The molecule has 0 radical (unpaired) electrons. The zero-order chi connectivity index (χ0) is 21.8. The third-order valence-corrected chi connectivity index (χ3v) is 5.24. The fraction of sp³-hybridized carbons (Fsp3) is 0.318. The van der Waals surface area contributed by atoms with E-state index >= 15 is 0 Å². The molecule has 1 aliphatic heterocycles. The summed E-state index contributed by atoms with van der Waals surface area (Å²) in [5, 5.41) is 0.702. The van der Waals surface area contributed by atoms with Crippen molar-refractivity contribution < 1.29 is 24.5 Å². The third-order valence-electron chi connectivity index (χ3n) is 5.24. The molecule has 3 aromatic rings. The van der Waals surface area contributed by atoms with Gasteiger partial charge in [-0.25, -0.2) is 4.98 Å². The maximum atomic E-state index is 12.5. The molecule has 0 atom stereocenters. The SMILES string of the molecule is COc1cc2nc(N3CCN(C(=O)COc4ccccc4)CC3)nc(N)c2cc1OC.Cl.O. The lowest BCUT2D eigenvalue weighted by molar-refractivity contribution is -0.133. The number of halogens is 1. The number of benzene rings is 2. The number of hydrogen-bond donors (Lipinski definition) is 1. The number of carbonyl (C=O) groups excluding carboxylic acids is 1. The van der Waals surface area contributed by atoms with Crippen LogP contribution in [0, 0.1) is 0 Å². The molecular formula is C22H28ClN5O5. The van der Waals surface area contributed by atoms with Crippen molar-refractivity contribution >= 4 is 41.0 Å². The lowest BCUT2D eigenvalue weighted by atomic mass is 10.2. The Balaban J connectivity index is 0.00000193. The normalized spacial score (nSPS) is 13.0. The van der Waals surface area contributed by atoms with Gasteiger partial charge in [-0.3, -0.25) is 4.79 Å². The van der Waals surface area contributed by atoms with E-state index in [2.05, 4.69) is 9.97 Å². The van der Waals surface area contributed by atoms with Gasteiger partial charge < -0.3 is 35.2 Å². The minimum absolute atomic E-state index is 0. The number of nitrogens with zero attached hydrogens (tertiary/aromatic N) is 4. The largest absolute Gasteiger partial charge is 0.493 e. The summed E-state index contributed by atoms with van der Waals surface area (Å²) in [5.41, 5.74) is 6.87. The van der Waals surface area contributed by atoms with Crippen LogP contribution in [0.25, 0.3) is 10.9 Å². The number of aromatic nitrogens is 2. The van der Waals surface area contributed by atoms with Crippen LogP contribution in [0.15, 0.2) is 42.5 Å². The van der Waals surface area contributed by atoms with Gasteiger partial charge in [-0.05, 0) is 18.2 Å². The Labute approximate surface area is 198 Å². The van der Waals surface area contributed by atoms with Crippen molar-refractivity contribution in [3.05, 3.63) is 42.5 Å². The molecule has 0 saturated carbocycles. The van der Waals surface area contributed by atoms with Gasteiger partial charge in [0.2, 0.25) is 5.95 Å². The first kappa shape index (κ1) is 25.8. The van der Waals surface area contributed by atoms with Crippen LogP contribution >= 0.6 is 12.4 Å². The van der Waals surface area contributed by atoms with Crippen molar-refractivity contribution in [3.8, 4) is 17.2 Å². The zero-order valence-electron chi connectivity index (χ0n) is 18.5. The van der Waals surface area contributed by atoms with Crippen LogP contribution in [0.2, 0.25) is 0 Å². The molecule has 0 aliphatic carbocycles. The number of carbonyl (C=O) groups is 1. The molecule has 178 valence electrons. The van der Waals surface area contributed by atoms with Crippen LogP contribution in [0.1, 0.15) is 0 Å². The van der Waals surface area contributed by atoms with Gasteiger partial charge in [0.15, 0.2) is 18.1 Å². The average Bonchev–Trinajstić information content (AvgIpc) is 2.82. The minimum atomic E-state index is -0.0423. The van der Waals surface area contributed by atoms with Crippen LogP contribution in [-0.4, -0.2) is 73.3 Å². The Morgan fingerprint density at radius 1 is 1.00 bits per heavy atom. The number of ether oxygens (including phenoxy) is 3. The monoisotopic (exact) mass is 477 g/mol. The number of methoxy groups -OCH3 is 2. The third kappa shape index (κ3) is 5.65. The number of hydrogen-bond acceptors (Lipinski definition) is 8. The highest BCUT2D eigenvalue weighted by atomic mass is 35.5. The number of nitrogens with two attached hydrogens (primary N) is 1. The maximum absolute atomic E-state index is 12.5. The molecule has 2 aromatic carbocycles. The number of para-hydroxylation sites is 1. The molecule has 1 amide bonds. The van der Waals surface area contributed by atoms with Crippen LogP contribution in [0.4, 0.5) is 11.8 Å². The highest BCUT2D eigenvalue weighted by Crippen LogP contribution is 2.34. The van der Waals surface area contributed by atoms with Gasteiger partial charge in [0, 0.05) is 37.6 Å². The lowest BCUT2D eigenvalue weighted by Crippen LogP contribution is -2.50. The predicted molar refractivity (Wildman–Crippen MR) is 129 cm³/mol. The van der Waals surface area contributed by atoms with E-state index < -0.39 is 0 Å².